The number of rotatable bonds is 7. The average molecular weight is 298 g/mol. The fourth-order valence-electron chi connectivity index (χ4n) is 1.83. The quantitative estimate of drug-likeness (QED) is 0.804. The molecule has 1 rings (SSSR count). The third-order valence-corrected chi connectivity index (χ3v) is 4.45. The fourth-order valence-corrected chi connectivity index (χ4v) is 3.05. The van der Waals surface area contributed by atoms with Crippen molar-refractivity contribution in [3.05, 3.63) is 30.3 Å². The number of carbonyl (C=O) groups excluding carboxylic acids is 1. The number of nitrogens with one attached hydrogen (secondary N) is 2. The molecule has 2 atom stereocenters. The Kier molecular flexibility index (Phi) is 6.16. The number of benzene rings is 1. The largest absolute Gasteiger partial charge is 0.352 e. The zero-order chi connectivity index (χ0) is 15.2. The lowest BCUT2D eigenvalue weighted by Gasteiger charge is -2.18. The average Bonchev–Trinajstić information content (AvgIpc) is 2.39. The van der Waals surface area contributed by atoms with Gasteiger partial charge >= 0.3 is 0 Å². The van der Waals surface area contributed by atoms with Crippen molar-refractivity contribution < 1.29 is 13.2 Å². The van der Waals surface area contributed by atoms with Crippen LogP contribution in [0.25, 0.3) is 0 Å². The van der Waals surface area contributed by atoms with Crippen LogP contribution in [0.1, 0.15) is 33.6 Å². The molecule has 2 N–H and O–H groups in total. The molecule has 0 bridgehead atoms. The van der Waals surface area contributed by atoms with Crippen LogP contribution in [-0.2, 0) is 14.8 Å². The Bertz CT molecular complexity index is 529. The van der Waals surface area contributed by atoms with Gasteiger partial charge in [-0.3, -0.25) is 4.79 Å². The van der Waals surface area contributed by atoms with Crippen molar-refractivity contribution in [2.75, 3.05) is 0 Å². The van der Waals surface area contributed by atoms with Crippen LogP contribution in [-0.4, -0.2) is 26.4 Å². The maximum absolute atomic E-state index is 12.1. The third kappa shape index (κ3) is 4.94. The van der Waals surface area contributed by atoms with Gasteiger partial charge in [0.05, 0.1) is 10.9 Å². The van der Waals surface area contributed by atoms with Crippen molar-refractivity contribution in [2.24, 2.45) is 0 Å². The first-order chi connectivity index (χ1) is 9.36. The molecule has 6 heteroatoms. The number of sulfonamides is 1. The zero-order valence-electron chi connectivity index (χ0n) is 12.1. The highest BCUT2D eigenvalue weighted by atomic mass is 32.2. The van der Waals surface area contributed by atoms with Crippen LogP contribution in [0, 0.1) is 0 Å². The molecule has 0 aromatic heterocycles. The molecule has 1 amide bonds. The van der Waals surface area contributed by atoms with E-state index in [0.717, 1.165) is 12.8 Å². The van der Waals surface area contributed by atoms with Crippen LogP contribution in [0.2, 0.25) is 0 Å². The monoisotopic (exact) mass is 298 g/mol. The number of carbonyl (C=O) groups is 1. The smallest absolute Gasteiger partial charge is 0.241 e. The highest BCUT2D eigenvalue weighted by Crippen LogP contribution is 2.08. The van der Waals surface area contributed by atoms with Gasteiger partial charge in [-0.15, -0.1) is 0 Å². The maximum atomic E-state index is 12.1. The number of hydrogen-bond acceptors (Lipinski definition) is 3. The summed E-state index contributed by atoms with van der Waals surface area (Å²) in [5.41, 5.74) is 0. The second-order valence-corrected chi connectivity index (χ2v) is 6.57. The summed E-state index contributed by atoms with van der Waals surface area (Å²) in [6.45, 7) is 5.47. The van der Waals surface area contributed by atoms with Gasteiger partial charge in [-0.1, -0.05) is 31.5 Å². The van der Waals surface area contributed by atoms with Crippen LogP contribution in [0.15, 0.2) is 35.2 Å². The van der Waals surface area contributed by atoms with Crippen molar-refractivity contribution in [3.63, 3.8) is 0 Å². The van der Waals surface area contributed by atoms with Gasteiger partial charge in [0.2, 0.25) is 15.9 Å². The van der Waals surface area contributed by atoms with E-state index in [1.54, 1.807) is 18.2 Å². The van der Waals surface area contributed by atoms with E-state index >= 15 is 0 Å². The van der Waals surface area contributed by atoms with E-state index in [9.17, 15) is 13.2 Å². The molecular weight excluding hydrogens is 276 g/mol. The van der Waals surface area contributed by atoms with Gasteiger partial charge in [0.25, 0.3) is 0 Å². The predicted molar refractivity (Wildman–Crippen MR) is 78.7 cm³/mol. The van der Waals surface area contributed by atoms with Gasteiger partial charge in [0.1, 0.15) is 0 Å². The summed E-state index contributed by atoms with van der Waals surface area (Å²) in [7, 11) is -3.66. The number of hydrogen-bond donors (Lipinski definition) is 2. The molecule has 20 heavy (non-hydrogen) atoms. The summed E-state index contributed by atoms with van der Waals surface area (Å²) < 4.78 is 26.5. The lowest BCUT2D eigenvalue weighted by Crippen LogP contribution is -2.47. The Balaban J connectivity index is 2.66. The lowest BCUT2D eigenvalue weighted by atomic mass is 10.2. The molecule has 0 radical (unpaired) electrons. The molecule has 5 nitrogen and oxygen atoms in total. The SMILES string of the molecule is CCC[C@H](C)NC(=O)[C@H](C)NS(=O)(=O)c1ccccc1. The molecule has 0 heterocycles. The van der Waals surface area contributed by atoms with Gasteiger partial charge in [-0.2, -0.15) is 4.72 Å². The predicted octanol–water partition coefficient (Wildman–Crippen LogP) is 1.66. The summed E-state index contributed by atoms with van der Waals surface area (Å²) >= 11 is 0. The van der Waals surface area contributed by atoms with E-state index in [2.05, 4.69) is 10.0 Å². The summed E-state index contributed by atoms with van der Waals surface area (Å²) in [5, 5.41) is 2.79. The highest BCUT2D eigenvalue weighted by Gasteiger charge is 2.22. The first-order valence-electron chi connectivity index (χ1n) is 6.74. The molecule has 1 aromatic rings. The molecule has 1 aromatic carbocycles. The van der Waals surface area contributed by atoms with Gasteiger partial charge < -0.3 is 5.32 Å². The Morgan fingerprint density at radius 1 is 1.20 bits per heavy atom. The standard InChI is InChI=1S/C14H22N2O3S/c1-4-8-11(2)15-14(17)12(3)16-20(18,19)13-9-6-5-7-10-13/h5-7,9-12,16H,4,8H2,1-3H3,(H,15,17)/t11-,12-/m0/s1. The van der Waals surface area contributed by atoms with E-state index < -0.39 is 16.1 Å². The molecule has 0 aliphatic heterocycles. The Morgan fingerprint density at radius 3 is 2.35 bits per heavy atom. The Morgan fingerprint density at radius 2 is 1.80 bits per heavy atom. The molecule has 0 saturated carbocycles. The molecule has 112 valence electrons. The summed E-state index contributed by atoms with van der Waals surface area (Å²) in [5.74, 6) is -0.314. The topological polar surface area (TPSA) is 75.3 Å². The second-order valence-electron chi connectivity index (χ2n) is 4.85. The molecule has 0 fully saturated rings. The van der Waals surface area contributed by atoms with Crippen molar-refractivity contribution >= 4 is 15.9 Å². The molecule has 0 saturated heterocycles. The summed E-state index contributed by atoms with van der Waals surface area (Å²) in [6, 6.07) is 7.24. The second kappa shape index (κ2) is 7.40. The normalized spacial score (nSPS) is 14.6. The van der Waals surface area contributed by atoms with Crippen LogP contribution >= 0.6 is 0 Å². The van der Waals surface area contributed by atoms with E-state index in [4.69, 9.17) is 0 Å². The third-order valence-electron chi connectivity index (χ3n) is 2.89. The van der Waals surface area contributed by atoms with E-state index in [1.807, 2.05) is 13.8 Å². The van der Waals surface area contributed by atoms with Gasteiger partial charge in [-0.05, 0) is 32.4 Å². The number of amides is 1. The van der Waals surface area contributed by atoms with Crippen LogP contribution < -0.4 is 10.0 Å². The summed E-state index contributed by atoms with van der Waals surface area (Å²) in [4.78, 5) is 12.1. The van der Waals surface area contributed by atoms with Crippen molar-refractivity contribution in [1.82, 2.24) is 10.0 Å². The fraction of sp³-hybridized carbons (Fsp3) is 0.500. The van der Waals surface area contributed by atoms with E-state index in [1.165, 1.54) is 19.1 Å². The van der Waals surface area contributed by atoms with Crippen molar-refractivity contribution in [2.45, 2.75) is 50.6 Å². The van der Waals surface area contributed by atoms with Crippen LogP contribution in [0.3, 0.4) is 0 Å². The zero-order valence-corrected chi connectivity index (χ0v) is 12.9. The minimum absolute atomic E-state index is 0.0381. The minimum atomic E-state index is -3.66. The maximum Gasteiger partial charge on any atom is 0.241 e. The van der Waals surface area contributed by atoms with Gasteiger partial charge in [0, 0.05) is 6.04 Å². The molecular formula is C14H22N2O3S. The summed E-state index contributed by atoms with van der Waals surface area (Å²) in [6.07, 6.45) is 1.83. The molecule has 0 unspecified atom stereocenters. The molecule has 0 spiro atoms. The van der Waals surface area contributed by atoms with Crippen molar-refractivity contribution in [3.8, 4) is 0 Å². The van der Waals surface area contributed by atoms with Crippen LogP contribution in [0.4, 0.5) is 0 Å². The van der Waals surface area contributed by atoms with Crippen molar-refractivity contribution in [1.29, 1.82) is 0 Å². The van der Waals surface area contributed by atoms with E-state index in [0.29, 0.717) is 0 Å². The highest BCUT2D eigenvalue weighted by molar-refractivity contribution is 7.89. The first-order valence-corrected chi connectivity index (χ1v) is 8.23. The van der Waals surface area contributed by atoms with Gasteiger partial charge in [0.15, 0.2) is 0 Å². The van der Waals surface area contributed by atoms with Gasteiger partial charge in [-0.25, -0.2) is 8.42 Å². The minimum Gasteiger partial charge on any atom is -0.352 e. The first kappa shape index (κ1) is 16.7. The Hall–Kier alpha value is -1.40. The van der Waals surface area contributed by atoms with Crippen LogP contribution in [0.5, 0.6) is 0 Å². The lowest BCUT2D eigenvalue weighted by molar-refractivity contribution is -0.123. The van der Waals surface area contributed by atoms with E-state index in [-0.39, 0.29) is 16.8 Å². The molecule has 0 aliphatic carbocycles. The molecule has 0 aliphatic rings. The Labute approximate surface area is 120 Å².